The highest BCUT2D eigenvalue weighted by Gasteiger charge is 2.13. The lowest BCUT2D eigenvalue weighted by atomic mass is 10.1. The van der Waals surface area contributed by atoms with Crippen LogP contribution in [0, 0.1) is 0 Å². The zero-order valence-corrected chi connectivity index (χ0v) is 10.1. The second kappa shape index (κ2) is 4.27. The average molecular weight is 257 g/mol. The van der Waals surface area contributed by atoms with E-state index in [0.29, 0.717) is 21.9 Å². The number of pyridine rings is 1. The fourth-order valence-corrected chi connectivity index (χ4v) is 2.02. The third-order valence-corrected chi connectivity index (χ3v) is 2.96. The molecule has 0 aliphatic heterocycles. The molecule has 88 valence electrons. The summed E-state index contributed by atoms with van der Waals surface area (Å²) in [5, 5.41) is 0.572. The Morgan fingerprint density at radius 1 is 1.11 bits per heavy atom. The second-order valence-electron chi connectivity index (χ2n) is 3.91. The van der Waals surface area contributed by atoms with E-state index in [2.05, 4.69) is 4.98 Å². The summed E-state index contributed by atoms with van der Waals surface area (Å²) in [7, 11) is 0. The average Bonchev–Trinajstić information content (AvgIpc) is 2.82. The molecule has 0 unspecified atom stereocenters. The molecule has 0 spiro atoms. The minimum Gasteiger partial charge on any atom is -0.295 e. The highest BCUT2D eigenvalue weighted by Crippen LogP contribution is 2.15. The summed E-state index contributed by atoms with van der Waals surface area (Å²) >= 11 is 5.94. The number of ketones is 1. The lowest BCUT2D eigenvalue weighted by Gasteiger charge is -2.01. The number of benzene rings is 1. The molecule has 4 heteroatoms. The lowest BCUT2D eigenvalue weighted by Crippen LogP contribution is -2.04. The molecule has 0 aliphatic rings. The van der Waals surface area contributed by atoms with Crippen LogP contribution >= 0.6 is 11.6 Å². The van der Waals surface area contributed by atoms with Gasteiger partial charge in [0, 0.05) is 11.8 Å². The summed E-state index contributed by atoms with van der Waals surface area (Å²) in [5.41, 5.74) is 1.86. The minimum absolute atomic E-state index is 0.0645. The molecule has 0 amide bonds. The number of carbonyl (C=O) groups is 1. The van der Waals surface area contributed by atoms with Crippen molar-refractivity contribution in [1.82, 2.24) is 9.38 Å². The molecule has 0 N–H and O–H groups in total. The van der Waals surface area contributed by atoms with E-state index in [0.717, 1.165) is 0 Å². The van der Waals surface area contributed by atoms with Crippen LogP contribution in [0.4, 0.5) is 0 Å². The summed E-state index contributed by atoms with van der Waals surface area (Å²) in [6.07, 6.45) is 3.26. The first-order valence-corrected chi connectivity index (χ1v) is 5.86. The van der Waals surface area contributed by atoms with Crippen molar-refractivity contribution in [1.29, 1.82) is 0 Å². The van der Waals surface area contributed by atoms with Gasteiger partial charge in [-0.25, -0.2) is 4.98 Å². The number of imidazole rings is 1. The van der Waals surface area contributed by atoms with Gasteiger partial charge in [-0.3, -0.25) is 9.20 Å². The summed E-state index contributed by atoms with van der Waals surface area (Å²) in [4.78, 5) is 16.5. The maximum Gasteiger partial charge on any atom is 0.211 e. The van der Waals surface area contributed by atoms with Crippen LogP contribution in [0.25, 0.3) is 5.65 Å². The molecular formula is C14H9ClN2O. The lowest BCUT2D eigenvalue weighted by molar-refractivity contribution is 0.103. The maximum atomic E-state index is 12.3. The zero-order chi connectivity index (χ0) is 12.5. The van der Waals surface area contributed by atoms with E-state index < -0.39 is 0 Å². The molecule has 3 rings (SSSR count). The van der Waals surface area contributed by atoms with E-state index in [1.807, 2.05) is 18.2 Å². The second-order valence-corrected chi connectivity index (χ2v) is 4.35. The van der Waals surface area contributed by atoms with E-state index in [-0.39, 0.29) is 5.78 Å². The quantitative estimate of drug-likeness (QED) is 0.660. The van der Waals surface area contributed by atoms with Gasteiger partial charge in [-0.2, -0.15) is 0 Å². The first kappa shape index (κ1) is 11.0. The summed E-state index contributed by atoms with van der Waals surface area (Å²) in [5.74, 6) is -0.0645. The summed E-state index contributed by atoms with van der Waals surface area (Å²) < 4.78 is 1.71. The SMILES string of the molecule is O=C(c1ccccc1)c1cnc2ccc(Cl)cn12. The van der Waals surface area contributed by atoms with Crippen LogP contribution in [0.3, 0.4) is 0 Å². The highest BCUT2D eigenvalue weighted by molar-refractivity contribution is 6.30. The van der Waals surface area contributed by atoms with Crippen molar-refractivity contribution in [3.63, 3.8) is 0 Å². The van der Waals surface area contributed by atoms with Crippen LogP contribution in [0.15, 0.2) is 54.9 Å². The van der Waals surface area contributed by atoms with Crippen molar-refractivity contribution in [3.8, 4) is 0 Å². The van der Waals surface area contributed by atoms with Crippen LogP contribution in [0.2, 0.25) is 5.02 Å². The van der Waals surface area contributed by atoms with Gasteiger partial charge in [0.15, 0.2) is 0 Å². The van der Waals surface area contributed by atoms with Crippen molar-refractivity contribution < 1.29 is 4.79 Å². The van der Waals surface area contributed by atoms with Crippen LogP contribution in [0.5, 0.6) is 0 Å². The number of carbonyl (C=O) groups excluding carboxylic acids is 1. The monoisotopic (exact) mass is 256 g/mol. The fourth-order valence-electron chi connectivity index (χ4n) is 1.86. The number of nitrogens with zero attached hydrogens (tertiary/aromatic N) is 2. The van der Waals surface area contributed by atoms with Crippen molar-refractivity contribution in [3.05, 3.63) is 71.1 Å². The van der Waals surface area contributed by atoms with Gasteiger partial charge in [-0.05, 0) is 12.1 Å². The Hall–Kier alpha value is -2.13. The van der Waals surface area contributed by atoms with E-state index in [1.54, 1.807) is 41.1 Å². The van der Waals surface area contributed by atoms with Crippen LogP contribution < -0.4 is 0 Å². The van der Waals surface area contributed by atoms with Gasteiger partial charge in [0.2, 0.25) is 5.78 Å². The highest BCUT2D eigenvalue weighted by atomic mass is 35.5. The summed E-state index contributed by atoms with van der Waals surface area (Å²) in [6.45, 7) is 0. The molecule has 3 aromatic rings. The summed E-state index contributed by atoms with van der Waals surface area (Å²) in [6, 6.07) is 12.7. The Balaban J connectivity index is 2.15. The number of rotatable bonds is 2. The molecule has 18 heavy (non-hydrogen) atoms. The first-order chi connectivity index (χ1) is 8.75. The van der Waals surface area contributed by atoms with E-state index in [1.165, 1.54) is 0 Å². The Bertz CT molecular complexity index is 719. The Labute approximate surface area is 109 Å². The molecule has 0 atom stereocenters. The van der Waals surface area contributed by atoms with Crippen molar-refractivity contribution >= 4 is 23.0 Å². The van der Waals surface area contributed by atoms with Gasteiger partial charge < -0.3 is 0 Å². The Morgan fingerprint density at radius 2 is 1.89 bits per heavy atom. The minimum atomic E-state index is -0.0645. The molecule has 0 fully saturated rings. The molecule has 3 nitrogen and oxygen atoms in total. The van der Waals surface area contributed by atoms with Gasteiger partial charge >= 0.3 is 0 Å². The molecule has 0 bridgehead atoms. The number of hydrogen-bond donors (Lipinski definition) is 0. The fraction of sp³-hybridized carbons (Fsp3) is 0. The molecule has 1 aromatic carbocycles. The van der Waals surface area contributed by atoms with Crippen LogP contribution in [0.1, 0.15) is 16.1 Å². The van der Waals surface area contributed by atoms with E-state index >= 15 is 0 Å². The van der Waals surface area contributed by atoms with E-state index in [4.69, 9.17) is 11.6 Å². The van der Waals surface area contributed by atoms with Crippen molar-refractivity contribution in [2.24, 2.45) is 0 Å². The van der Waals surface area contributed by atoms with Gasteiger partial charge in [0.05, 0.1) is 11.2 Å². The normalized spacial score (nSPS) is 10.7. The number of fused-ring (bicyclic) bond motifs is 1. The van der Waals surface area contributed by atoms with Gasteiger partial charge in [0.25, 0.3) is 0 Å². The standard InChI is InChI=1S/C14H9ClN2O/c15-11-6-7-13-16-8-12(17(13)9-11)14(18)10-4-2-1-3-5-10/h1-9H. The zero-order valence-electron chi connectivity index (χ0n) is 9.38. The van der Waals surface area contributed by atoms with Gasteiger partial charge in [0.1, 0.15) is 11.3 Å². The van der Waals surface area contributed by atoms with Crippen molar-refractivity contribution in [2.45, 2.75) is 0 Å². The van der Waals surface area contributed by atoms with Crippen LogP contribution in [-0.4, -0.2) is 15.2 Å². The topological polar surface area (TPSA) is 34.4 Å². The molecule has 0 saturated carbocycles. The molecule has 2 aromatic heterocycles. The van der Waals surface area contributed by atoms with E-state index in [9.17, 15) is 4.79 Å². The molecule has 0 saturated heterocycles. The van der Waals surface area contributed by atoms with Crippen LogP contribution in [-0.2, 0) is 0 Å². The predicted octanol–water partition coefficient (Wildman–Crippen LogP) is 3.22. The number of aromatic nitrogens is 2. The molecule has 0 radical (unpaired) electrons. The van der Waals surface area contributed by atoms with Crippen molar-refractivity contribution in [2.75, 3.05) is 0 Å². The third-order valence-electron chi connectivity index (χ3n) is 2.74. The molecule has 0 aliphatic carbocycles. The number of hydrogen-bond acceptors (Lipinski definition) is 2. The third kappa shape index (κ3) is 1.79. The first-order valence-electron chi connectivity index (χ1n) is 5.48. The smallest absolute Gasteiger partial charge is 0.211 e. The van der Waals surface area contributed by atoms with Gasteiger partial charge in [-0.15, -0.1) is 0 Å². The Kier molecular flexibility index (Phi) is 2.61. The Morgan fingerprint density at radius 3 is 2.67 bits per heavy atom. The molecule has 2 heterocycles. The molecular weight excluding hydrogens is 248 g/mol. The number of halogens is 1. The predicted molar refractivity (Wildman–Crippen MR) is 70.1 cm³/mol. The largest absolute Gasteiger partial charge is 0.295 e. The van der Waals surface area contributed by atoms with Gasteiger partial charge in [-0.1, -0.05) is 41.9 Å². The maximum absolute atomic E-state index is 12.3.